The fourth-order valence-electron chi connectivity index (χ4n) is 2.25. The first-order chi connectivity index (χ1) is 12.2. The average Bonchev–Trinajstić information content (AvgIpc) is 2.64. The topological polar surface area (TPSA) is 44.8 Å². The van der Waals surface area contributed by atoms with Crippen LogP contribution in [0, 0.1) is 5.92 Å². The maximum absolute atomic E-state index is 11.9. The van der Waals surface area contributed by atoms with Crippen LogP contribution in [0.4, 0.5) is 0 Å². The monoisotopic (exact) mass is 342 g/mol. The SMILES string of the molecule is CC(C)C(=O)c1ccc(OCCOCCOCc2ccccc2)cc1. The fraction of sp³-hybridized carbons (Fsp3) is 0.381. The van der Waals surface area contributed by atoms with Crippen LogP contribution in [0.3, 0.4) is 0 Å². The largest absolute Gasteiger partial charge is 0.491 e. The summed E-state index contributed by atoms with van der Waals surface area (Å²) in [6, 6.07) is 17.3. The highest BCUT2D eigenvalue weighted by atomic mass is 16.5. The summed E-state index contributed by atoms with van der Waals surface area (Å²) >= 11 is 0. The van der Waals surface area contributed by atoms with Crippen LogP contribution in [0.5, 0.6) is 5.75 Å². The normalized spacial score (nSPS) is 10.8. The van der Waals surface area contributed by atoms with Crippen LogP contribution >= 0.6 is 0 Å². The molecule has 134 valence electrons. The Bertz CT molecular complexity index is 620. The standard InChI is InChI=1S/C21H26O4/c1-17(2)21(22)19-8-10-20(11-9-19)25-15-14-23-12-13-24-16-18-6-4-3-5-7-18/h3-11,17H,12-16H2,1-2H3. The second kappa shape index (κ2) is 10.6. The third-order valence-electron chi connectivity index (χ3n) is 3.64. The summed E-state index contributed by atoms with van der Waals surface area (Å²) in [6.07, 6.45) is 0. The summed E-state index contributed by atoms with van der Waals surface area (Å²) in [5, 5.41) is 0. The Morgan fingerprint density at radius 3 is 2.16 bits per heavy atom. The third kappa shape index (κ3) is 7.08. The smallest absolute Gasteiger partial charge is 0.165 e. The van der Waals surface area contributed by atoms with Crippen molar-refractivity contribution in [1.29, 1.82) is 0 Å². The molecule has 0 fully saturated rings. The van der Waals surface area contributed by atoms with E-state index in [1.54, 1.807) is 12.1 Å². The van der Waals surface area contributed by atoms with Gasteiger partial charge in [-0.15, -0.1) is 0 Å². The Balaban J connectivity index is 1.53. The Morgan fingerprint density at radius 1 is 0.840 bits per heavy atom. The molecule has 0 unspecified atom stereocenters. The number of rotatable bonds is 11. The van der Waals surface area contributed by atoms with Crippen LogP contribution < -0.4 is 4.74 Å². The number of ketones is 1. The molecule has 0 radical (unpaired) electrons. The van der Waals surface area contributed by atoms with E-state index in [1.165, 1.54) is 0 Å². The molecule has 4 heteroatoms. The number of Topliss-reactive ketones (excluding diaryl/α,β-unsaturated/α-hetero) is 1. The average molecular weight is 342 g/mol. The summed E-state index contributed by atoms with van der Waals surface area (Å²) in [4.78, 5) is 11.9. The van der Waals surface area contributed by atoms with Crippen molar-refractivity contribution in [3.63, 3.8) is 0 Å². The Morgan fingerprint density at radius 2 is 1.48 bits per heavy atom. The fourth-order valence-corrected chi connectivity index (χ4v) is 2.25. The maximum atomic E-state index is 11.9. The van der Waals surface area contributed by atoms with Gasteiger partial charge in [0, 0.05) is 11.5 Å². The number of hydrogen-bond acceptors (Lipinski definition) is 4. The van der Waals surface area contributed by atoms with E-state index in [0.717, 1.165) is 11.3 Å². The summed E-state index contributed by atoms with van der Waals surface area (Å²) in [5.41, 5.74) is 1.87. The summed E-state index contributed by atoms with van der Waals surface area (Å²) in [6.45, 7) is 6.46. The lowest BCUT2D eigenvalue weighted by molar-refractivity contribution is 0.0303. The molecule has 0 saturated heterocycles. The van der Waals surface area contributed by atoms with E-state index in [4.69, 9.17) is 14.2 Å². The minimum atomic E-state index is 0.00396. The zero-order valence-electron chi connectivity index (χ0n) is 14.9. The molecule has 25 heavy (non-hydrogen) atoms. The van der Waals surface area contributed by atoms with E-state index in [1.807, 2.05) is 56.3 Å². The van der Waals surface area contributed by atoms with Gasteiger partial charge in [-0.05, 0) is 29.8 Å². The van der Waals surface area contributed by atoms with Crippen molar-refractivity contribution in [1.82, 2.24) is 0 Å². The molecule has 2 aromatic rings. The molecular formula is C21H26O4. The van der Waals surface area contributed by atoms with Gasteiger partial charge in [-0.3, -0.25) is 4.79 Å². The Labute approximate surface area is 149 Å². The molecule has 0 saturated carbocycles. The van der Waals surface area contributed by atoms with Gasteiger partial charge < -0.3 is 14.2 Å². The lowest BCUT2D eigenvalue weighted by Gasteiger charge is -2.09. The van der Waals surface area contributed by atoms with E-state index in [9.17, 15) is 4.79 Å². The first-order valence-electron chi connectivity index (χ1n) is 8.63. The first kappa shape index (κ1) is 19.2. The quantitative estimate of drug-likeness (QED) is 0.455. The highest BCUT2D eigenvalue weighted by molar-refractivity contribution is 5.97. The summed E-state index contributed by atoms with van der Waals surface area (Å²) < 4.78 is 16.6. The minimum Gasteiger partial charge on any atom is -0.491 e. The number of hydrogen-bond donors (Lipinski definition) is 0. The van der Waals surface area contributed by atoms with Crippen molar-refractivity contribution in [3.8, 4) is 5.75 Å². The molecule has 0 N–H and O–H groups in total. The van der Waals surface area contributed by atoms with E-state index in [0.29, 0.717) is 38.6 Å². The molecule has 2 aromatic carbocycles. The van der Waals surface area contributed by atoms with Crippen LogP contribution in [0.15, 0.2) is 54.6 Å². The predicted octanol–water partition coefficient (Wildman–Crippen LogP) is 4.14. The van der Waals surface area contributed by atoms with Crippen molar-refractivity contribution in [2.24, 2.45) is 5.92 Å². The minimum absolute atomic E-state index is 0.00396. The molecule has 0 atom stereocenters. The molecule has 0 bridgehead atoms. The molecule has 0 aromatic heterocycles. The van der Waals surface area contributed by atoms with E-state index >= 15 is 0 Å². The molecular weight excluding hydrogens is 316 g/mol. The predicted molar refractivity (Wildman–Crippen MR) is 98.0 cm³/mol. The van der Waals surface area contributed by atoms with Gasteiger partial charge in [0.1, 0.15) is 12.4 Å². The second-order valence-corrected chi connectivity index (χ2v) is 6.04. The van der Waals surface area contributed by atoms with Gasteiger partial charge in [-0.1, -0.05) is 44.2 Å². The Hall–Kier alpha value is -2.17. The second-order valence-electron chi connectivity index (χ2n) is 6.04. The van der Waals surface area contributed by atoms with E-state index in [2.05, 4.69) is 0 Å². The van der Waals surface area contributed by atoms with Crippen LogP contribution in [0.1, 0.15) is 29.8 Å². The van der Waals surface area contributed by atoms with Crippen molar-refractivity contribution in [2.75, 3.05) is 26.4 Å². The van der Waals surface area contributed by atoms with Crippen LogP contribution in [-0.4, -0.2) is 32.2 Å². The van der Waals surface area contributed by atoms with Crippen LogP contribution in [0.25, 0.3) is 0 Å². The molecule has 0 aliphatic rings. The zero-order chi connectivity index (χ0) is 17.9. The number of carbonyl (C=O) groups excluding carboxylic acids is 1. The highest BCUT2D eigenvalue weighted by Gasteiger charge is 2.09. The van der Waals surface area contributed by atoms with Gasteiger partial charge in [-0.2, -0.15) is 0 Å². The summed E-state index contributed by atoms with van der Waals surface area (Å²) in [7, 11) is 0. The molecule has 0 amide bonds. The third-order valence-corrected chi connectivity index (χ3v) is 3.64. The zero-order valence-corrected chi connectivity index (χ0v) is 14.9. The molecule has 4 nitrogen and oxygen atoms in total. The highest BCUT2D eigenvalue weighted by Crippen LogP contribution is 2.15. The van der Waals surface area contributed by atoms with Crippen molar-refractivity contribution in [3.05, 3.63) is 65.7 Å². The van der Waals surface area contributed by atoms with Gasteiger partial charge in [0.05, 0.1) is 26.4 Å². The van der Waals surface area contributed by atoms with Crippen molar-refractivity contribution in [2.45, 2.75) is 20.5 Å². The maximum Gasteiger partial charge on any atom is 0.165 e. The van der Waals surface area contributed by atoms with Gasteiger partial charge in [0.2, 0.25) is 0 Å². The molecule has 2 rings (SSSR count). The van der Waals surface area contributed by atoms with Crippen LogP contribution in [-0.2, 0) is 16.1 Å². The first-order valence-corrected chi connectivity index (χ1v) is 8.63. The van der Waals surface area contributed by atoms with Gasteiger partial charge in [0.15, 0.2) is 5.78 Å². The van der Waals surface area contributed by atoms with Crippen LogP contribution in [0.2, 0.25) is 0 Å². The number of benzene rings is 2. The Kier molecular flexibility index (Phi) is 8.16. The lowest BCUT2D eigenvalue weighted by atomic mass is 10.0. The van der Waals surface area contributed by atoms with Gasteiger partial charge in [0.25, 0.3) is 0 Å². The van der Waals surface area contributed by atoms with Gasteiger partial charge >= 0.3 is 0 Å². The molecule has 0 heterocycles. The number of carbonyl (C=O) groups is 1. The summed E-state index contributed by atoms with van der Waals surface area (Å²) in [5.74, 6) is 0.888. The molecule has 0 spiro atoms. The van der Waals surface area contributed by atoms with E-state index < -0.39 is 0 Å². The lowest BCUT2D eigenvalue weighted by Crippen LogP contribution is -2.11. The number of ether oxygens (including phenoxy) is 3. The van der Waals surface area contributed by atoms with E-state index in [-0.39, 0.29) is 11.7 Å². The molecule has 0 aliphatic heterocycles. The molecule has 0 aliphatic carbocycles. The van der Waals surface area contributed by atoms with Crippen molar-refractivity contribution >= 4 is 5.78 Å². The van der Waals surface area contributed by atoms with Crippen molar-refractivity contribution < 1.29 is 19.0 Å². The van der Waals surface area contributed by atoms with Gasteiger partial charge in [-0.25, -0.2) is 0 Å².